The molecule has 4 aliphatic heterocycles. The third-order valence-corrected chi connectivity index (χ3v) is 9.58. The van der Waals surface area contributed by atoms with E-state index in [-0.39, 0.29) is 31.0 Å². The normalized spacial score (nSPS) is 50.5. The number of hydrogen-bond acceptors (Lipinski definition) is 8. The van der Waals surface area contributed by atoms with Gasteiger partial charge < -0.3 is 28.4 Å². The van der Waals surface area contributed by atoms with E-state index in [4.69, 9.17) is 28.4 Å². The van der Waals surface area contributed by atoms with E-state index in [1.54, 1.807) is 12.2 Å². The molecule has 2 aliphatic carbocycles. The summed E-state index contributed by atoms with van der Waals surface area (Å²) in [6.07, 6.45) is 11.3. The molecule has 200 valence electrons. The van der Waals surface area contributed by atoms with Gasteiger partial charge in [-0.15, -0.1) is 0 Å². The van der Waals surface area contributed by atoms with Crippen LogP contribution in [-0.2, 0) is 38.0 Å². The summed E-state index contributed by atoms with van der Waals surface area (Å²) in [7, 11) is 0. The molecule has 4 fully saturated rings. The molecule has 2 spiro atoms. The highest BCUT2D eigenvalue weighted by molar-refractivity contribution is 5.83. The van der Waals surface area contributed by atoms with Crippen LogP contribution >= 0.6 is 0 Å². The van der Waals surface area contributed by atoms with Crippen LogP contribution in [0.3, 0.4) is 0 Å². The number of fused-ring (bicyclic) bond motifs is 2. The number of cyclic esters (lactones) is 1. The first kappa shape index (κ1) is 25.0. The second-order valence-corrected chi connectivity index (χ2v) is 11.7. The van der Waals surface area contributed by atoms with Crippen molar-refractivity contribution < 1.29 is 38.0 Å². The Bertz CT molecular complexity index is 1100. The quantitative estimate of drug-likeness (QED) is 0.276. The van der Waals surface area contributed by atoms with Gasteiger partial charge in [-0.05, 0) is 33.6 Å². The molecule has 8 nitrogen and oxygen atoms in total. The Morgan fingerprint density at radius 1 is 0.973 bits per heavy atom. The van der Waals surface area contributed by atoms with Crippen LogP contribution in [0.15, 0.2) is 47.6 Å². The lowest BCUT2D eigenvalue weighted by Crippen LogP contribution is -2.66. The van der Waals surface area contributed by atoms with Crippen LogP contribution in [0.25, 0.3) is 0 Å². The number of ether oxygens (including phenoxy) is 6. The predicted molar refractivity (Wildman–Crippen MR) is 132 cm³/mol. The lowest BCUT2D eigenvalue weighted by Gasteiger charge is -2.58. The van der Waals surface area contributed by atoms with Crippen molar-refractivity contribution in [1.29, 1.82) is 0 Å². The molecule has 4 heterocycles. The molecule has 2 unspecified atom stereocenters. The van der Waals surface area contributed by atoms with Crippen LogP contribution in [0, 0.1) is 10.8 Å². The summed E-state index contributed by atoms with van der Waals surface area (Å²) in [5, 5.41) is 0. The Morgan fingerprint density at radius 2 is 1.78 bits per heavy atom. The van der Waals surface area contributed by atoms with Crippen molar-refractivity contribution in [2.24, 2.45) is 10.8 Å². The smallest absolute Gasteiger partial charge is 0.331 e. The van der Waals surface area contributed by atoms with Crippen molar-refractivity contribution in [3.05, 3.63) is 47.6 Å². The van der Waals surface area contributed by atoms with Gasteiger partial charge in [0.25, 0.3) is 0 Å². The molecule has 0 aromatic carbocycles. The van der Waals surface area contributed by atoms with Gasteiger partial charge in [-0.3, -0.25) is 0 Å². The van der Waals surface area contributed by atoms with Gasteiger partial charge in [0.15, 0.2) is 6.29 Å². The van der Waals surface area contributed by atoms with Gasteiger partial charge in [-0.1, -0.05) is 42.4 Å². The minimum atomic E-state index is -0.590. The summed E-state index contributed by atoms with van der Waals surface area (Å²) in [6.45, 7) is 8.77. The molecule has 1 saturated carbocycles. The molecule has 0 N–H and O–H groups in total. The second kappa shape index (κ2) is 8.90. The summed E-state index contributed by atoms with van der Waals surface area (Å²) in [4.78, 5) is 26.0. The highest BCUT2D eigenvalue weighted by atomic mass is 16.7. The number of epoxide rings is 1. The fraction of sp³-hybridized carbons (Fsp3) is 0.655. The van der Waals surface area contributed by atoms with Gasteiger partial charge in [0.1, 0.15) is 24.4 Å². The maximum absolute atomic E-state index is 13.0. The molecule has 3 saturated heterocycles. The molecule has 0 radical (unpaired) electrons. The average molecular weight is 513 g/mol. The molecule has 0 amide bonds. The van der Waals surface area contributed by atoms with Gasteiger partial charge in [0, 0.05) is 30.4 Å². The van der Waals surface area contributed by atoms with Gasteiger partial charge in [0.2, 0.25) is 0 Å². The van der Waals surface area contributed by atoms with Crippen molar-refractivity contribution in [1.82, 2.24) is 0 Å². The summed E-state index contributed by atoms with van der Waals surface area (Å²) < 4.78 is 36.8. The van der Waals surface area contributed by atoms with Crippen molar-refractivity contribution in [2.45, 2.75) is 95.8 Å². The van der Waals surface area contributed by atoms with Crippen LogP contribution in [0.2, 0.25) is 0 Å². The number of allylic oxidation sites excluding steroid dienone is 3. The lowest BCUT2D eigenvalue weighted by molar-refractivity contribution is -0.232. The van der Waals surface area contributed by atoms with E-state index in [0.29, 0.717) is 19.4 Å². The molecular weight excluding hydrogens is 476 g/mol. The first-order chi connectivity index (χ1) is 17.7. The van der Waals surface area contributed by atoms with Crippen molar-refractivity contribution in [3.63, 3.8) is 0 Å². The van der Waals surface area contributed by atoms with E-state index in [1.807, 2.05) is 19.9 Å². The average Bonchev–Trinajstić information content (AvgIpc) is 3.54. The Morgan fingerprint density at radius 3 is 2.57 bits per heavy atom. The lowest BCUT2D eigenvalue weighted by atomic mass is 9.51. The fourth-order valence-electron chi connectivity index (χ4n) is 7.32. The van der Waals surface area contributed by atoms with E-state index in [2.05, 4.69) is 19.9 Å². The van der Waals surface area contributed by atoms with Crippen LogP contribution in [0.5, 0.6) is 0 Å². The maximum Gasteiger partial charge on any atom is 0.331 e. The third-order valence-electron chi connectivity index (χ3n) is 9.58. The molecule has 4 bridgehead atoms. The summed E-state index contributed by atoms with van der Waals surface area (Å²) >= 11 is 0. The molecule has 9 atom stereocenters. The second-order valence-electron chi connectivity index (χ2n) is 11.7. The fourth-order valence-corrected chi connectivity index (χ4v) is 7.32. The monoisotopic (exact) mass is 512 g/mol. The van der Waals surface area contributed by atoms with E-state index in [1.165, 1.54) is 17.7 Å². The Balaban J connectivity index is 1.37. The van der Waals surface area contributed by atoms with Crippen LogP contribution in [0.1, 0.15) is 53.4 Å². The molecule has 0 aromatic rings. The van der Waals surface area contributed by atoms with Crippen LogP contribution < -0.4 is 0 Å². The zero-order valence-electron chi connectivity index (χ0n) is 21.9. The first-order valence-electron chi connectivity index (χ1n) is 13.3. The van der Waals surface area contributed by atoms with Crippen molar-refractivity contribution in [3.8, 4) is 0 Å². The van der Waals surface area contributed by atoms with E-state index >= 15 is 0 Å². The number of carbonyl (C=O) groups excluding carboxylic acids is 2. The highest BCUT2D eigenvalue weighted by Crippen LogP contribution is 2.72. The van der Waals surface area contributed by atoms with E-state index in [0.717, 1.165) is 18.4 Å². The largest absolute Gasteiger partial charge is 0.462 e. The zero-order chi connectivity index (χ0) is 26.0. The SMILES string of the molecule is CC1=C[C@H]2OC3C[C@H]4OC(=O)/C=C\C=C/[C@H]5OC(C/C(C)=C\C(=O)OC[C@]2(CC1)[C@@]4(C)[C@@]31CO1)O[C@@H]5C. The summed E-state index contributed by atoms with van der Waals surface area (Å²) in [5.74, 6) is -0.828. The summed E-state index contributed by atoms with van der Waals surface area (Å²) in [6, 6.07) is 0. The van der Waals surface area contributed by atoms with E-state index in [9.17, 15) is 9.59 Å². The predicted octanol–water partition coefficient (Wildman–Crippen LogP) is 3.71. The number of carbonyl (C=O) groups is 2. The highest BCUT2D eigenvalue weighted by Gasteiger charge is 2.83. The van der Waals surface area contributed by atoms with Gasteiger partial charge in [0.05, 0.1) is 30.3 Å². The Kier molecular flexibility index (Phi) is 6.02. The first-order valence-corrected chi connectivity index (χ1v) is 13.3. The molecule has 37 heavy (non-hydrogen) atoms. The minimum Gasteiger partial charge on any atom is -0.462 e. The molecule has 6 rings (SSSR count). The minimum absolute atomic E-state index is 0.147. The standard InChI is InChI=1S/C29H36O8/c1-17-9-10-28-15-32-25(31)12-18(2)13-26-34-19(3)20(35-26)7-5-6-8-24(30)37-21-14-23(36-22(28)11-17)29(16-33-29)27(21,28)4/h5-8,11-12,19-23,26H,9-10,13-16H2,1-4H3/b7-5-,8-6-,18-12-/t19-,20-,21-,22-,23?,26?,27+,28+,29-/m1/s1. The van der Waals surface area contributed by atoms with E-state index < -0.39 is 40.8 Å². The van der Waals surface area contributed by atoms with Crippen molar-refractivity contribution in [2.75, 3.05) is 13.2 Å². The number of rotatable bonds is 0. The number of hydrogen-bond donors (Lipinski definition) is 0. The number of esters is 2. The van der Waals surface area contributed by atoms with Gasteiger partial charge >= 0.3 is 11.9 Å². The maximum atomic E-state index is 13.0. The Hall–Kier alpha value is -2.26. The molecule has 6 aliphatic rings. The van der Waals surface area contributed by atoms with Crippen molar-refractivity contribution >= 4 is 11.9 Å². The molecule has 8 heteroatoms. The van der Waals surface area contributed by atoms with Gasteiger partial charge in [-0.25, -0.2) is 9.59 Å². The molecule has 0 aromatic heterocycles. The molecular formula is C29H36O8. The Labute approximate surface area is 217 Å². The van der Waals surface area contributed by atoms with Gasteiger partial charge in [-0.2, -0.15) is 0 Å². The third kappa shape index (κ3) is 3.87. The zero-order valence-corrected chi connectivity index (χ0v) is 21.9. The van der Waals surface area contributed by atoms with Crippen LogP contribution in [0.4, 0.5) is 0 Å². The summed E-state index contributed by atoms with van der Waals surface area (Å²) in [5.41, 5.74) is 0.362. The topological polar surface area (TPSA) is 92.8 Å². The van der Waals surface area contributed by atoms with Crippen LogP contribution in [-0.4, -0.2) is 67.6 Å².